The largest absolute Gasteiger partial charge is 0.419 e. The van der Waals surface area contributed by atoms with Crippen LogP contribution in [0.4, 0.5) is 19.1 Å². The Hall–Kier alpha value is -3.47. The number of carbonyl (C=O) groups excluding carboxylic acids is 1. The second kappa shape index (κ2) is 10.7. The molecule has 4 rings (SSSR count). The summed E-state index contributed by atoms with van der Waals surface area (Å²) in [6.07, 6.45) is -2.93. The Balaban J connectivity index is 1.51. The van der Waals surface area contributed by atoms with Crippen molar-refractivity contribution in [3.8, 4) is 0 Å². The van der Waals surface area contributed by atoms with E-state index in [2.05, 4.69) is 29.1 Å². The second-order valence-electron chi connectivity index (χ2n) is 9.64. The first-order valence-corrected chi connectivity index (χ1v) is 13.9. The average Bonchev–Trinajstić information content (AvgIpc) is 2.90. The predicted molar refractivity (Wildman–Crippen MR) is 137 cm³/mol. The Bertz CT molecular complexity index is 1410. The molecule has 1 atom stereocenters. The number of rotatable bonds is 7. The molecule has 1 aromatic heterocycles. The molecule has 7 nitrogen and oxygen atoms in total. The van der Waals surface area contributed by atoms with Crippen LogP contribution in [0.3, 0.4) is 0 Å². The Kier molecular flexibility index (Phi) is 7.78. The quantitative estimate of drug-likeness (QED) is 0.450. The van der Waals surface area contributed by atoms with Crippen molar-refractivity contribution in [3.05, 3.63) is 82.7 Å². The fourth-order valence-electron chi connectivity index (χ4n) is 4.47. The minimum atomic E-state index is -4.51. The molecule has 1 aliphatic heterocycles. The van der Waals surface area contributed by atoms with Crippen LogP contribution < -0.4 is 10.2 Å². The van der Waals surface area contributed by atoms with Gasteiger partial charge in [-0.15, -0.1) is 0 Å². The molecule has 0 saturated heterocycles. The van der Waals surface area contributed by atoms with E-state index >= 15 is 0 Å². The normalized spacial score (nSPS) is 15.9. The average molecular weight is 547 g/mol. The van der Waals surface area contributed by atoms with Crippen molar-refractivity contribution in [3.63, 3.8) is 0 Å². The van der Waals surface area contributed by atoms with Crippen LogP contribution in [-0.4, -0.2) is 36.6 Å². The number of amides is 1. The number of alkyl halides is 3. The van der Waals surface area contributed by atoms with E-state index in [0.717, 1.165) is 29.1 Å². The van der Waals surface area contributed by atoms with Crippen LogP contribution in [0.25, 0.3) is 0 Å². The molecule has 0 bridgehead atoms. The Morgan fingerprint density at radius 2 is 1.76 bits per heavy atom. The standard InChI is InChI=1S/C27H29F3N4O3S/c1-4-38(36,37)22-8-5-18(6-9-22)12-31-25(35)19-7-10-23-20(11-19)15-34(16-24(23)17(2)3)26-32-13-21(14-33-26)27(28,29)30/h5-11,13-14,17,24H,4,12,15-16H2,1-3H3,(H,31,35). The zero-order valence-electron chi connectivity index (χ0n) is 21.3. The van der Waals surface area contributed by atoms with Gasteiger partial charge in [0.2, 0.25) is 5.95 Å². The van der Waals surface area contributed by atoms with Crippen molar-refractivity contribution < 1.29 is 26.4 Å². The Labute approximate surface area is 220 Å². The molecule has 1 aliphatic rings. The van der Waals surface area contributed by atoms with Gasteiger partial charge in [-0.2, -0.15) is 13.2 Å². The fraction of sp³-hybridized carbons (Fsp3) is 0.370. The summed E-state index contributed by atoms with van der Waals surface area (Å²) in [6.45, 7) is 6.86. The van der Waals surface area contributed by atoms with Gasteiger partial charge in [-0.05, 0) is 46.9 Å². The second-order valence-corrected chi connectivity index (χ2v) is 11.9. The molecule has 1 unspecified atom stereocenters. The third-order valence-electron chi connectivity index (χ3n) is 6.75. The van der Waals surface area contributed by atoms with Crippen molar-refractivity contribution in [1.29, 1.82) is 0 Å². The van der Waals surface area contributed by atoms with Crippen molar-refractivity contribution in [1.82, 2.24) is 15.3 Å². The van der Waals surface area contributed by atoms with E-state index < -0.39 is 21.6 Å². The van der Waals surface area contributed by atoms with Crippen LogP contribution in [0.5, 0.6) is 0 Å². The lowest BCUT2D eigenvalue weighted by atomic mass is 9.82. The number of carbonyl (C=O) groups is 1. The minimum Gasteiger partial charge on any atom is -0.348 e. The van der Waals surface area contributed by atoms with E-state index in [1.165, 1.54) is 12.1 Å². The number of nitrogens with zero attached hydrogens (tertiary/aromatic N) is 3. The lowest BCUT2D eigenvalue weighted by Gasteiger charge is -2.37. The number of sulfone groups is 1. The van der Waals surface area contributed by atoms with Crippen molar-refractivity contribution in [2.45, 2.75) is 50.9 Å². The van der Waals surface area contributed by atoms with Gasteiger partial charge in [0.05, 0.1) is 16.2 Å². The zero-order chi connectivity index (χ0) is 27.7. The first-order valence-electron chi connectivity index (χ1n) is 12.3. The smallest absolute Gasteiger partial charge is 0.348 e. The van der Waals surface area contributed by atoms with Gasteiger partial charge in [0.15, 0.2) is 9.84 Å². The number of aromatic nitrogens is 2. The fourth-order valence-corrected chi connectivity index (χ4v) is 5.35. The van der Waals surface area contributed by atoms with Gasteiger partial charge >= 0.3 is 6.18 Å². The number of nitrogens with one attached hydrogen (secondary N) is 1. The third kappa shape index (κ3) is 5.98. The number of hydrogen-bond donors (Lipinski definition) is 1. The van der Waals surface area contributed by atoms with E-state index in [-0.39, 0.29) is 40.9 Å². The summed E-state index contributed by atoms with van der Waals surface area (Å²) in [6, 6.07) is 11.9. The molecule has 2 aromatic carbocycles. The highest BCUT2D eigenvalue weighted by molar-refractivity contribution is 7.91. The van der Waals surface area contributed by atoms with E-state index in [9.17, 15) is 26.4 Å². The zero-order valence-corrected chi connectivity index (χ0v) is 22.1. The summed E-state index contributed by atoms with van der Waals surface area (Å²) in [7, 11) is -3.29. The summed E-state index contributed by atoms with van der Waals surface area (Å²) >= 11 is 0. The van der Waals surface area contributed by atoms with Gasteiger partial charge < -0.3 is 10.2 Å². The first-order chi connectivity index (χ1) is 17.9. The molecule has 1 N–H and O–H groups in total. The predicted octanol–water partition coefficient (Wildman–Crippen LogP) is 4.98. The van der Waals surface area contributed by atoms with Gasteiger partial charge in [0.1, 0.15) is 0 Å². The Morgan fingerprint density at radius 1 is 1.11 bits per heavy atom. The van der Waals surface area contributed by atoms with Gasteiger partial charge in [-0.1, -0.05) is 39.0 Å². The Morgan fingerprint density at radius 3 is 2.34 bits per heavy atom. The molecular formula is C27H29F3N4O3S. The number of anilines is 1. The SMILES string of the molecule is CCS(=O)(=O)c1ccc(CNC(=O)c2ccc3c(c2)CN(c2ncc(C(F)(F)F)cn2)CC3C(C)C)cc1. The van der Waals surface area contributed by atoms with E-state index in [1.54, 1.807) is 31.2 Å². The molecule has 202 valence electrons. The monoisotopic (exact) mass is 546 g/mol. The minimum absolute atomic E-state index is 0.0154. The highest BCUT2D eigenvalue weighted by Gasteiger charge is 2.33. The van der Waals surface area contributed by atoms with Gasteiger partial charge in [-0.25, -0.2) is 18.4 Å². The van der Waals surface area contributed by atoms with Crippen LogP contribution in [0.15, 0.2) is 59.8 Å². The van der Waals surface area contributed by atoms with Gasteiger partial charge in [0.25, 0.3) is 5.91 Å². The molecule has 0 radical (unpaired) electrons. The molecule has 38 heavy (non-hydrogen) atoms. The van der Waals surface area contributed by atoms with Crippen LogP contribution >= 0.6 is 0 Å². The van der Waals surface area contributed by atoms with Crippen molar-refractivity contribution in [2.24, 2.45) is 5.92 Å². The van der Waals surface area contributed by atoms with Gasteiger partial charge in [-0.3, -0.25) is 4.79 Å². The third-order valence-corrected chi connectivity index (χ3v) is 8.50. The number of halogens is 3. The molecule has 3 aromatic rings. The molecule has 2 heterocycles. The molecule has 1 amide bonds. The molecule has 0 spiro atoms. The summed E-state index contributed by atoms with van der Waals surface area (Å²) < 4.78 is 62.8. The van der Waals surface area contributed by atoms with Gasteiger partial charge in [0, 0.05) is 43.5 Å². The summed E-state index contributed by atoms with van der Waals surface area (Å²) in [5.74, 6) is 0.256. The van der Waals surface area contributed by atoms with E-state index in [0.29, 0.717) is 18.7 Å². The molecule has 0 saturated carbocycles. The number of benzene rings is 2. The van der Waals surface area contributed by atoms with Crippen molar-refractivity contribution >= 4 is 21.7 Å². The van der Waals surface area contributed by atoms with Crippen LogP contribution in [0, 0.1) is 5.92 Å². The van der Waals surface area contributed by atoms with E-state index in [1.807, 2.05) is 11.0 Å². The molecule has 0 aliphatic carbocycles. The summed E-state index contributed by atoms with van der Waals surface area (Å²) in [5.41, 5.74) is 2.29. The molecule has 0 fully saturated rings. The van der Waals surface area contributed by atoms with Crippen LogP contribution in [-0.2, 0) is 29.1 Å². The maximum atomic E-state index is 12.9. The molecule has 11 heteroatoms. The lowest BCUT2D eigenvalue weighted by Crippen LogP contribution is -2.37. The molecular weight excluding hydrogens is 517 g/mol. The number of hydrogen-bond acceptors (Lipinski definition) is 6. The first kappa shape index (κ1) is 27.6. The highest BCUT2D eigenvalue weighted by Crippen LogP contribution is 2.36. The summed E-state index contributed by atoms with van der Waals surface area (Å²) in [4.78, 5) is 22.9. The van der Waals surface area contributed by atoms with Crippen LogP contribution in [0.1, 0.15) is 59.3 Å². The van der Waals surface area contributed by atoms with Crippen molar-refractivity contribution in [2.75, 3.05) is 17.2 Å². The topological polar surface area (TPSA) is 92.3 Å². The highest BCUT2D eigenvalue weighted by atomic mass is 32.2. The summed E-state index contributed by atoms with van der Waals surface area (Å²) in [5, 5.41) is 2.86. The maximum Gasteiger partial charge on any atom is 0.419 e. The maximum absolute atomic E-state index is 12.9. The van der Waals surface area contributed by atoms with Crippen LogP contribution in [0.2, 0.25) is 0 Å². The lowest BCUT2D eigenvalue weighted by molar-refractivity contribution is -0.138. The number of fused-ring (bicyclic) bond motifs is 1. The van der Waals surface area contributed by atoms with E-state index in [4.69, 9.17) is 0 Å².